The first-order chi connectivity index (χ1) is 10.7. The van der Waals surface area contributed by atoms with Gasteiger partial charge in [0.25, 0.3) is 0 Å². The summed E-state index contributed by atoms with van der Waals surface area (Å²) in [6, 6.07) is 16.2. The number of carbonyl (C=O) groups is 1. The van der Waals surface area contributed by atoms with Crippen molar-refractivity contribution in [1.29, 1.82) is 0 Å². The normalized spacial score (nSPS) is 11.4. The van der Waals surface area contributed by atoms with Crippen LogP contribution in [0.3, 0.4) is 0 Å². The van der Waals surface area contributed by atoms with Crippen molar-refractivity contribution in [3.8, 4) is 0 Å². The summed E-state index contributed by atoms with van der Waals surface area (Å²) in [7, 11) is 0. The maximum absolute atomic E-state index is 11.0. The number of nitrogens with one attached hydrogen (secondary N) is 1. The van der Waals surface area contributed by atoms with Crippen LogP contribution in [0.5, 0.6) is 0 Å². The molecule has 0 aliphatic heterocycles. The van der Waals surface area contributed by atoms with E-state index in [1.165, 1.54) is 6.92 Å². The molecule has 110 valence electrons. The van der Waals surface area contributed by atoms with Gasteiger partial charge in [0, 0.05) is 24.2 Å². The van der Waals surface area contributed by atoms with Gasteiger partial charge in [-0.15, -0.1) is 0 Å². The van der Waals surface area contributed by atoms with Crippen LogP contribution in [0, 0.1) is 0 Å². The second-order valence-corrected chi connectivity index (χ2v) is 5.54. The molecule has 0 radical (unpaired) electrons. The van der Waals surface area contributed by atoms with Crippen molar-refractivity contribution in [3.05, 3.63) is 65.2 Å². The third-order valence-corrected chi connectivity index (χ3v) is 4.07. The molecule has 0 fully saturated rings. The number of amides is 1. The average Bonchev–Trinajstić information content (AvgIpc) is 2.54. The van der Waals surface area contributed by atoms with Crippen LogP contribution in [0.1, 0.15) is 12.5 Å². The largest absolute Gasteiger partial charge is 0.353 e. The van der Waals surface area contributed by atoms with Crippen LogP contribution in [0.2, 0.25) is 5.02 Å². The van der Waals surface area contributed by atoms with Gasteiger partial charge in [-0.1, -0.05) is 72.3 Å². The second-order valence-electron chi connectivity index (χ2n) is 5.16. The molecular formula is C19H16ClNO. The lowest BCUT2D eigenvalue weighted by Crippen LogP contribution is -2.19. The number of hydrogen-bond donors (Lipinski definition) is 1. The van der Waals surface area contributed by atoms with Gasteiger partial charge in [0.15, 0.2) is 0 Å². The van der Waals surface area contributed by atoms with E-state index in [0.717, 1.165) is 32.1 Å². The van der Waals surface area contributed by atoms with Gasteiger partial charge in [0.1, 0.15) is 0 Å². The van der Waals surface area contributed by atoms with Crippen LogP contribution in [0.25, 0.3) is 27.6 Å². The fourth-order valence-electron chi connectivity index (χ4n) is 2.67. The molecule has 3 heteroatoms. The third-order valence-electron chi connectivity index (χ3n) is 3.66. The van der Waals surface area contributed by atoms with Crippen LogP contribution < -0.4 is 5.32 Å². The van der Waals surface area contributed by atoms with Gasteiger partial charge < -0.3 is 5.32 Å². The predicted molar refractivity (Wildman–Crippen MR) is 94.2 cm³/mol. The zero-order valence-corrected chi connectivity index (χ0v) is 13.0. The molecular weight excluding hydrogens is 294 g/mol. The molecule has 0 aliphatic carbocycles. The maximum Gasteiger partial charge on any atom is 0.217 e. The Balaban J connectivity index is 2.20. The van der Waals surface area contributed by atoms with Gasteiger partial charge in [-0.25, -0.2) is 0 Å². The SMILES string of the molecule is CC(=O)NCC=Cc1c2ccccc2c(Cl)c2ccccc12. The summed E-state index contributed by atoms with van der Waals surface area (Å²) in [6.07, 6.45) is 4.01. The highest BCUT2D eigenvalue weighted by atomic mass is 35.5. The minimum atomic E-state index is -0.0320. The quantitative estimate of drug-likeness (QED) is 0.692. The Hall–Kier alpha value is -2.32. The molecule has 2 nitrogen and oxygen atoms in total. The Morgan fingerprint density at radius 2 is 1.50 bits per heavy atom. The van der Waals surface area contributed by atoms with E-state index in [-0.39, 0.29) is 5.91 Å². The van der Waals surface area contributed by atoms with Crippen molar-refractivity contribution in [2.45, 2.75) is 6.92 Å². The molecule has 1 amide bonds. The first-order valence-corrected chi connectivity index (χ1v) is 7.56. The lowest BCUT2D eigenvalue weighted by atomic mass is 9.96. The lowest BCUT2D eigenvalue weighted by Gasteiger charge is -2.11. The zero-order chi connectivity index (χ0) is 15.5. The topological polar surface area (TPSA) is 29.1 Å². The first kappa shape index (κ1) is 14.6. The smallest absolute Gasteiger partial charge is 0.217 e. The van der Waals surface area contributed by atoms with E-state index < -0.39 is 0 Å². The molecule has 1 N–H and O–H groups in total. The van der Waals surface area contributed by atoms with Crippen LogP contribution in [0.4, 0.5) is 0 Å². The molecule has 0 bridgehead atoms. The van der Waals surface area contributed by atoms with E-state index in [4.69, 9.17) is 11.6 Å². The molecule has 0 unspecified atom stereocenters. The summed E-state index contributed by atoms with van der Waals surface area (Å²) >= 11 is 6.57. The number of hydrogen-bond acceptors (Lipinski definition) is 1. The van der Waals surface area contributed by atoms with Crippen LogP contribution in [0.15, 0.2) is 54.6 Å². The van der Waals surface area contributed by atoms with Crippen LogP contribution in [-0.4, -0.2) is 12.5 Å². The van der Waals surface area contributed by atoms with Gasteiger partial charge in [0.2, 0.25) is 5.91 Å². The lowest BCUT2D eigenvalue weighted by molar-refractivity contribution is -0.118. The highest BCUT2D eigenvalue weighted by Gasteiger charge is 2.09. The fourth-order valence-corrected chi connectivity index (χ4v) is 3.00. The number of fused-ring (bicyclic) bond motifs is 2. The van der Waals surface area contributed by atoms with E-state index in [0.29, 0.717) is 6.54 Å². The number of halogens is 1. The monoisotopic (exact) mass is 309 g/mol. The molecule has 0 heterocycles. The molecule has 3 aromatic carbocycles. The number of benzene rings is 3. The Morgan fingerprint density at radius 1 is 1.00 bits per heavy atom. The molecule has 0 saturated carbocycles. The third kappa shape index (κ3) is 2.70. The van der Waals surface area contributed by atoms with E-state index in [1.54, 1.807) is 0 Å². The second kappa shape index (κ2) is 6.20. The van der Waals surface area contributed by atoms with E-state index in [2.05, 4.69) is 23.5 Å². The molecule has 0 saturated heterocycles. The van der Waals surface area contributed by atoms with Gasteiger partial charge in [0.05, 0.1) is 5.02 Å². The zero-order valence-electron chi connectivity index (χ0n) is 12.3. The molecule has 22 heavy (non-hydrogen) atoms. The predicted octanol–water partition coefficient (Wildman–Crippen LogP) is 4.80. The van der Waals surface area contributed by atoms with Crippen molar-refractivity contribution in [2.24, 2.45) is 0 Å². The summed E-state index contributed by atoms with van der Waals surface area (Å²) in [5.41, 5.74) is 1.13. The molecule has 3 aromatic rings. The van der Waals surface area contributed by atoms with Crippen molar-refractivity contribution < 1.29 is 4.79 Å². The fraction of sp³-hybridized carbons (Fsp3) is 0.105. The molecule has 0 atom stereocenters. The molecule has 0 aliphatic rings. The molecule has 0 aromatic heterocycles. The van der Waals surface area contributed by atoms with E-state index in [1.807, 2.05) is 42.5 Å². The minimum Gasteiger partial charge on any atom is -0.353 e. The summed E-state index contributed by atoms with van der Waals surface area (Å²) in [4.78, 5) is 11.0. The minimum absolute atomic E-state index is 0.0320. The Bertz CT molecular complexity index is 826. The first-order valence-electron chi connectivity index (χ1n) is 7.18. The average molecular weight is 310 g/mol. The summed E-state index contributed by atoms with van der Waals surface area (Å²) < 4.78 is 0. The Morgan fingerprint density at radius 3 is 2.00 bits per heavy atom. The molecule has 0 spiro atoms. The molecule has 3 rings (SSSR count). The van der Waals surface area contributed by atoms with Crippen LogP contribution in [-0.2, 0) is 4.79 Å². The Kier molecular flexibility index (Phi) is 4.12. The highest BCUT2D eigenvalue weighted by molar-refractivity contribution is 6.41. The van der Waals surface area contributed by atoms with Crippen molar-refractivity contribution in [1.82, 2.24) is 5.32 Å². The summed E-state index contributed by atoms with van der Waals surface area (Å²) in [5.74, 6) is -0.0320. The van der Waals surface area contributed by atoms with Crippen LogP contribution >= 0.6 is 11.6 Å². The van der Waals surface area contributed by atoms with Crippen molar-refractivity contribution in [2.75, 3.05) is 6.54 Å². The summed E-state index contributed by atoms with van der Waals surface area (Å²) in [5, 5.41) is 7.87. The van der Waals surface area contributed by atoms with Crippen molar-refractivity contribution >= 4 is 45.1 Å². The van der Waals surface area contributed by atoms with Crippen molar-refractivity contribution in [3.63, 3.8) is 0 Å². The van der Waals surface area contributed by atoms with Gasteiger partial charge in [-0.2, -0.15) is 0 Å². The number of rotatable bonds is 3. The van der Waals surface area contributed by atoms with E-state index >= 15 is 0 Å². The van der Waals surface area contributed by atoms with E-state index in [9.17, 15) is 4.79 Å². The maximum atomic E-state index is 11.0. The highest BCUT2D eigenvalue weighted by Crippen LogP contribution is 2.36. The summed E-state index contributed by atoms with van der Waals surface area (Å²) in [6.45, 7) is 2.03. The van der Waals surface area contributed by atoms with Gasteiger partial charge >= 0.3 is 0 Å². The van der Waals surface area contributed by atoms with Gasteiger partial charge in [-0.3, -0.25) is 4.79 Å². The number of carbonyl (C=O) groups excluding carboxylic acids is 1. The standard InChI is InChI=1S/C19H16ClNO/c1-13(22)21-12-6-11-14-15-7-2-4-9-17(15)19(20)18-10-5-3-8-16(14)18/h2-11H,12H2,1H3,(H,21,22). The van der Waals surface area contributed by atoms with Gasteiger partial charge in [-0.05, 0) is 16.3 Å². The Labute approximate surface area is 134 Å².